The number of aromatic carboxylic acids is 1. The molecule has 128 valence electrons. The molecule has 1 aliphatic heterocycles. The van der Waals surface area contributed by atoms with E-state index in [1.807, 2.05) is 6.07 Å². The van der Waals surface area contributed by atoms with Crippen molar-refractivity contribution in [1.82, 2.24) is 5.16 Å². The number of ketones is 1. The number of thiophene rings is 1. The summed E-state index contributed by atoms with van der Waals surface area (Å²) in [6, 6.07) is 2.22. The molecule has 0 bridgehead atoms. The van der Waals surface area contributed by atoms with Crippen LogP contribution < -0.4 is 11.1 Å². The molecule has 1 unspecified atom stereocenters. The van der Waals surface area contributed by atoms with Crippen LogP contribution in [-0.2, 0) is 9.53 Å². The van der Waals surface area contributed by atoms with Crippen molar-refractivity contribution in [2.24, 2.45) is 0 Å². The predicted octanol–water partition coefficient (Wildman–Crippen LogP) is 0.847. The summed E-state index contributed by atoms with van der Waals surface area (Å²) in [4.78, 5) is 34.8. The minimum absolute atomic E-state index is 0.0153. The predicted molar refractivity (Wildman–Crippen MR) is 83.3 cm³/mol. The Morgan fingerprint density at radius 3 is 2.84 bits per heavy atom. The Bertz CT molecular complexity index is 924. The van der Waals surface area contributed by atoms with Crippen molar-refractivity contribution in [2.45, 2.75) is 12.5 Å². The summed E-state index contributed by atoms with van der Waals surface area (Å²) in [6.07, 6.45) is 0.425. The number of anilines is 2. The molecule has 0 amide bonds. The number of esters is 1. The van der Waals surface area contributed by atoms with Gasteiger partial charge in [-0.2, -0.15) is 5.26 Å². The summed E-state index contributed by atoms with van der Waals surface area (Å²) < 4.78 is 9.56. The second-order valence-corrected chi connectivity index (χ2v) is 6.05. The Morgan fingerprint density at radius 1 is 1.52 bits per heavy atom. The summed E-state index contributed by atoms with van der Waals surface area (Å²) in [6.45, 7) is 0.265. The van der Waals surface area contributed by atoms with Crippen LogP contribution in [0.1, 0.15) is 37.9 Å². The second kappa shape index (κ2) is 6.25. The van der Waals surface area contributed by atoms with Gasteiger partial charge in [0.15, 0.2) is 5.69 Å². The van der Waals surface area contributed by atoms with Crippen LogP contribution >= 0.6 is 11.3 Å². The van der Waals surface area contributed by atoms with E-state index in [2.05, 4.69) is 10.5 Å². The van der Waals surface area contributed by atoms with Crippen molar-refractivity contribution in [1.29, 1.82) is 5.26 Å². The summed E-state index contributed by atoms with van der Waals surface area (Å²) in [5.41, 5.74) is 5.37. The quantitative estimate of drug-likeness (QED) is 0.512. The molecule has 2 aromatic heterocycles. The number of hydrogen-bond acceptors (Lipinski definition) is 10. The molecule has 0 radical (unpaired) electrons. The standard InChI is InChI=1S/C14H10N4O6S/c15-4-5-9(16)11(10(19)8-3-7(13(20)21)18-24-8)25-12(5)17-6-1-2-23-14(6)22/h3,6,17H,1-2,16H2,(H,20,21). The van der Waals surface area contributed by atoms with Gasteiger partial charge in [-0.1, -0.05) is 5.16 Å². The number of hydrogen-bond donors (Lipinski definition) is 3. The normalized spacial score (nSPS) is 16.3. The SMILES string of the molecule is N#Cc1c(NC2CCOC2=O)sc(C(=O)c2cc(C(=O)O)no2)c1N. The molecule has 0 aromatic carbocycles. The molecule has 1 saturated heterocycles. The van der Waals surface area contributed by atoms with Crippen LogP contribution in [0.15, 0.2) is 10.6 Å². The van der Waals surface area contributed by atoms with Gasteiger partial charge in [0, 0.05) is 12.5 Å². The summed E-state index contributed by atoms with van der Waals surface area (Å²) in [5.74, 6) is -2.82. The Kier molecular flexibility index (Phi) is 4.12. The zero-order chi connectivity index (χ0) is 18.1. The first-order valence-corrected chi connectivity index (χ1v) is 7.74. The monoisotopic (exact) mass is 362 g/mol. The van der Waals surface area contributed by atoms with E-state index < -0.39 is 29.5 Å². The fourth-order valence-corrected chi connectivity index (χ4v) is 3.27. The van der Waals surface area contributed by atoms with Crippen LogP contribution in [0.2, 0.25) is 0 Å². The van der Waals surface area contributed by atoms with Crippen molar-refractivity contribution in [3.8, 4) is 6.07 Å². The van der Waals surface area contributed by atoms with Gasteiger partial charge in [0.05, 0.1) is 12.3 Å². The van der Waals surface area contributed by atoms with E-state index in [1.54, 1.807) is 0 Å². The molecule has 0 spiro atoms. The number of nitrogen functional groups attached to an aromatic ring is 1. The highest BCUT2D eigenvalue weighted by atomic mass is 32.1. The van der Waals surface area contributed by atoms with Crippen LogP contribution in [-0.4, -0.2) is 40.6 Å². The number of nitrogens with two attached hydrogens (primary N) is 1. The molecule has 1 atom stereocenters. The van der Waals surface area contributed by atoms with Gasteiger partial charge in [0.1, 0.15) is 27.6 Å². The highest BCUT2D eigenvalue weighted by Gasteiger charge is 2.31. The molecule has 0 saturated carbocycles. The van der Waals surface area contributed by atoms with Gasteiger partial charge in [-0.05, 0) is 0 Å². The Labute approximate surface area is 143 Å². The van der Waals surface area contributed by atoms with Crippen molar-refractivity contribution in [3.63, 3.8) is 0 Å². The first-order chi connectivity index (χ1) is 11.9. The molecule has 11 heteroatoms. The van der Waals surface area contributed by atoms with Crippen LogP contribution in [0.4, 0.5) is 10.7 Å². The van der Waals surface area contributed by atoms with Gasteiger partial charge in [-0.15, -0.1) is 11.3 Å². The van der Waals surface area contributed by atoms with Crippen molar-refractivity contribution >= 4 is 39.7 Å². The number of carboxylic acid groups (broad SMARTS) is 1. The first kappa shape index (κ1) is 16.5. The third-order valence-electron chi connectivity index (χ3n) is 3.46. The number of carbonyl (C=O) groups is 3. The third kappa shape index (κ3) is 2.90. The average molecular weight is 362 g/mol. The Morgan fingerprint density at radius 2 is 2.28 bits per heavy atom. The minimum Gasteiger partial charge on any atom is -0.476 e. The van der Waals surface area contributed by atoms with Gasteiger partial charge < -0.3 is 25.4 Å². The van der Waals surface area contributed by atoms with Crippen molar-refractivity contribution < 1.29 is 28.8 Å². The number of ether oxygens (including phenoxy) is 1. The molecule has 1 fully saturated rings. The molecular weight excluding hydrogens is 352 g/mol. The lowest BCUT2D eigenvalue weighted by Crippen LogP contribution is -2.24. The van der Waals surface area contributed by atoms with Crippen LogP contribution in [0.25, 0.3) is 0 Å². The van der Waals surface area contributed by atoms with Crippen LogP contribution in [0, 0.1) is 11.3 Å². The number of aromatic nitrogens is 1. The zero-order valence-electron chi connectivity index (χ0n) is 12.4. The minimum atomic E-state index is -1.35. The van der Waals surface area contributed by atoms with Crippen LogP contribution in [0.3, 0.4) is 0 Å². The largest absolute Gasteiger partial charge is 0.476 e. The maximum Gasteiger partial charge on any atom is 0.358 e. The molecule has 4 N–H and O–H groups in total. The number of rotatable bonds is 5. The highest BCUT2D eigenvalue weighted by molar-refractivity contribution is 7.19. The van der Waals surface area contributed by atoms with E-state index in [1.165, 1.54) is 0 Å². The van der Waals surface area contributed by atoms with Crippen molar-refractivity contribution in [3.05, 3.63) is 28.0 Å². The average Bonchev–Trinajstić information content (AvgIpc) is 3.27. The molecule has 2 aromatic rings. The van der Waals surface area contributed by atoms with E-state index >= 15 is 0 Å². The van der Waals surface area contributed by atoms with Crippen molar-refractivity contribution in [2.75, 3.05) is 17.7 Å². The summed E-state index contributed by atoms with van der Waals surface area (Å²) >= 11 is 0.869. The molecular formula is C14H10N4O6S. The topological polar surface area (TPSA) is 169 Å². The Hall–Kier alpha value is -3.39. The van der Waals surface area contributed by atoms with Gasteiger partial charge in [-0.25, -0.2) is 9.59 Å². The van der Waals surface area contributed by atoms with E-state index in [0.717, 1.165) is 17.4 Å². The van der Waals surface area contributed by atoms with E-state index in [0.29, 0.717) is 6.42 Å². The lowest BCUT2D eigenvalue weighted by atomic mass is 10.1. The van der Waals surface area contributed by atoms with Gasteiger partial charge in [0.25, 0.3) is 0 Å². The van der Waals surface area contributed by atoms with E-state index in [9.17, 15) is 19.6 Å². The Balaban J connectivity index is 1.93. The maximum atomic E-state index is 12.5. The molecule has 10 nitrogen and oxygen atoms in total. The van der Waals surface area contributed by atoms with Gasteiger partial charge >= 0.3 is 11.9 Å². The van der Waals surface area contributed by atoms with Gasteiger partial charge in [-0.3, -0.25) is 4.79 Å². The lowest BCUT2D eigenvalue weighted by Gasteiger charge is -2.07. The van der Waals surface area contributed by atoms with E-state index in [4.69, 9.17) is 20.1 Å². The number of carboxylic acids is 1. The summed E-state index contributed by atoms with van der Waals surface area (Å²) in [5, 5.41) is 24.5. The second-order valence-electron chi connectivity index (χ2n) is 5.02. The number of nitriles is 1. The fourth-order valence-electron chi connectivity index (χ4n) is 2.21. The molecule has 3 heterocycles. The smallest absolute Gasteiger partial charge is 0.358 e. The van der Waals surface area contributed by atoms with Crippen LogP contribution in [0.5, 0.6) is 0 Å². The molecule has 0 aliphatic carbocycles. The lowest BCUT2D eigenvalue weighted by molar-refractivity contribution is -0.138. The third-order valence-corrected chi connectivity index (χ3v) is 4.59. The zero-order valence-corrected chi connectivity index (χ0v) is 13.3. The number of nitrogens with one attached hydrogen (secondary N) is 1. The first-order valence-electron chi connectivity index (χ1n) is 6.92. The van der Waals surface area contributed by atoms with Gasteiger partial charge in [0.2, 0.25) is 11.5 Å². The highest BCUT2D eigenvalue weighted by Crippen LogP contribution is 2.37. The summed E-state index contributed by atoms with van der Waals surface area (Å²) in [7, 11) is 0. The molecule has 3 rings (SSSR count). The molecule has 25 heavy (non-hydrogen) atoms. The molecule has 1 aliphatic rings. The van der Waals surface area contributed by atoms with E-state index in [-0.39, 0.29) is 33.5 Å². The number of nitrogens with zero attached hydrogens (tertiary/aromatic N) is 2. The fraction of sp³-hybridized carbons (Fsp3) is 0.214. The number of carbonyl (C=O) groups excluding carboxylic acids is 2. The maximum absolute atomic E-state index is 12.5. The number of cyclic esters (lactones) is 1.